The van der Waals surface area contributed by atoms with Crippen LogP contribution in [0.25, 0.3) is 0 Å². The third-order valence-electron chi connectivity index (χ3n) is 2.19. The topological polar surface area (TPSA) is 63.3 Å². The SMILES string of the molecule is CCC(CC)C(CN)C(=O)O.Cl. The number of carboxylic acids is 1. The molecule has 74 valence electrons. The monoisotopic (exact) mass is 195 g/mol. The molecule has 0 fully saturated rings. The molecule has 3 nitrogen and oxygen atoms in total. The van der Waals surface area contributed by atoms with Crippen LogP contribution >= 0.6 is 12.4 Å². The van der Waals surface area contributed by atoms with Gasteiger partial charge in [0.05, 0.1) is 5.92 Å². The van der Waals surface area contributed by atoms with Crippen LogP contribution in [0, 0.1) is 11.8 Å². The van der Waals surface area contributed by atoms with Gasteiger partial charge in [0.15, 0.2) is 0 Å². The van der Waals surface area contributed by atoms with Gasteiger partial charge in [0.2, 0.25) is 0 Å². The van der Waals surface area contributed by atoms with E-state index in [1.165, 1.54) is 0 Å². The Labute approximate surface area is 79.7 Å². The van der Waals surface area contributed by atoms with Crippen molar-refractivity contribution in [1.29, 1.82) is 0 Å². The maximum atomic E-state index is 10.6. The highest BCUT2D eigenvalue weighted by Crippen LogP contribution is 2.18. The molecule has 0 aromatic heterocycles. The fraction of sp³-hybridized carbons (Fsp3) is 0.875. The minimum Gasteiger partial charge on any atom is -0.481 e. The van der Waals surface area contributed by atoms with Gasteiger partial charge in [0.25, 0.3) is 0 Å². The van der Waals surface area contributed by atoms with Gasteiger partial charge in [0, 0.05) is 6.54 Å². The summed E-state index contributed by atoms with van der Waals surface area (Å²) in [5.41, 5.74) is 5.34. The van der Waals surface area contributed by atoms with Gasteiger partial charge in [-0.15, -0.1) is 12.4 Å². The van der Waals surface area contributed by atoms with Crippen LogP contribution in [0.4, 0.5) is 0 Å². The first-order chi connectivity index (χ1) is 5.17. The van der Waals surface area contributed by atoms with Gasteiger partial charge in [-0.2, -0.15) is 0 Å². The molecule has 0 aliphatic rings. The normalized spacial score (nSPS) is 12.3. The lowest BCUT2D eigenvalue weighted by atomic mass is 9.88. The van der Waals surface area contributed by atoms with E-state index in [9.17, 15) is 4.79 Å². The highest BCUT2D eigenvalue weighted by molar-refractivity contribution is 5.85. The van der Waals surface area contributed by atoms with Crippen molar-refractivity contribution >= 4 is 18.4 Å². The summed E-state index contributed by atoms with van der Waals surface area (Å²) < 4.78 is 0. The maximum Gasteiger partial charge on any atom is 0.308 e. The Hall–Kier alpha value is -0.280. The Bertz CT molecular complexity index is 126. The molecule has 0 aromatic rings. The van der Waals surface area contributed by atoms with E-state index < -0.39 is 5.97 Å². The highest BCUT2D eigenvalue weighted by Gasteiger charge is 2.23. The van der Waals surface area contributed by atoms with Crippen molar-refractivity contribution in [3.8, 4) is 0 Å². The lowest BCUT2D eigenvalue weighted by Gasteiger charge is -2.18. The van der Waals surface area contributed by atoms with Crippen LogP contribution in [0.1, 0.15) is 26.7 Å². The van der Waals surface area contributed by atoms with E-state index in [1.807, 2.05) is 13.8 Å². The molecule has 12 heavy (non-hydrogen) atoms. The summed E-state index contributed by atoms with van der Waals surface area (Å²) in [6.07, 6.45) is 1.79. The Morgan fingerprint density at radius 2 is 1.83 bits per heavy atom. The molecule has 0 radical (unpaired) electrons. The van der Waals surface area contributed by atoms with Crippen LogP contribution in [0.15, 0.2) is 0 Å². The second-order valence-electron chi connectivity index (χ2n) is 2.76. The first-order valence-corrected chi connectivity index (χ1v) is 4.10. The summed E-state index contributed by atoms with van der Waals surface area (Å²) in [4.78, 5) is 10.6. The first-order valence-electron chi connectivity index (χ1n) is 4.10. The average Bonchev–Trinajstić information content (AvgIpc) is 1.99. The van der Waals surface area contributed by atoms with Crippen molar-refractivity contribution < 1.29 is 9.90 Å². The lowest BCUT2D eigenvalue weighted by molar-refractivity contribution is -0.143. The van der Waals surface area contributed by atoms with Crippen LogP contribution in [-0.2, 0) is 4.79 Å². The van der Waals surface area contributed by atoms with Crippen LogP contribution < -0.4 is 5.73 Å². The largest absolute Gasteiger partial charge is 0.481 e. The quantitative estimate of drug-likeness (QED) is 0.699. The van der Waals surface area contributed by atoms with Crippen molar-refractivity contribution in [1.82, 2.24) is 0 Å². The summed E-state index contributed by atoms with van der Waals surface area (Å²) in [7, 11) is 0. The molecule has 1 atom stereocenters. The summed E-state index contributed by atoms with van der Waals surface area (Å²) in [6.45, 7) is 4.25. The lowest BCUT2D eigenvalue weighted by Crippen LogP contribution is -2.30. The van der Waals surface area contributed by atoms with Gasteiger partial charge in [-0.1, -0.05) is 26.7 Å². The Morgan fingerprint density at radius 1 is 1.42 bits per heavy atom. The fourth-order valence-corrected chi connectivity index (χ4v) is 1.35. The molecule has 1 unspecified atom stereocenters. The molecule has 0 amide bonds. The van der Waals surface area contributed by atoms with Gasteiger partial charge >= 0.3 is 5.97 Å². The molecule has 0 saturated heterocycles. The van der Waals surface area contributed by atoms with Gasteiger partial charge < -0.3 is 10.8 Å². The first kappa shape index (κ1) is 14.3. The van der Waals surface area contributed by atoms with E-state index in [1.54, 1.807) is 0 Å². The molecule has 0 rings (SSSR count). The van der Waals surface area contributed by atoms with Crippen LogP contribution in [0.5, 0.6) is 0 Å². The smallest absolute Gasteiger partial charge is 0.308 e. The van der Waals surface area contributed by atoms with Crippen LogP contribution in [0.3, 0.4) is 0 Å². The van der Waals surface area contributed by atoms with Crippen LogP contribution in [0.2, 0.25) is 0 Å². The number of rotatable bonds is 5. The number of aliphatic carboxylic acids is 1. The van der Waals surface area contributed by atoms with Crippen LogP contribution in [-0.4, -0.2) is 17.6 Å². The molecule has 0 spiro atoms. The molecule has 0 aliphatic carbocycles. The molecule has 0 aliphatic heterocycles. The van der Waals surface area contributed by atoms with E-state index >= 15 is 0 Å². The van der Waals surface area contributed by atoms with E-state index in [0.29, 0.717) is 0 Å². The number of carbonyl (C=O) groups is 1. The Balaban J connectivity index is 0. The number of carboxylic acid groups (broad SMARTS) is 1. The molecule has 0 aromatic carbocycles. The maximum absolute atomic E-state index is 10.6. The summed E-state index contributed by atoms with van der Waals surface area (Å²) >= 11 is 0. The zero-order valence-electron chi connectivity index (χ0n) is 7.62. The average molecular weight is 196 g/mol. The zero-order valence-corrected chi connectivity index (χ0v) is 8.43. The molecule has 0 heterocycles. The summed E-state index contributed by atoms with van der Waals surface area (Å²) in [6, 6.07) is 0. The van der Waals surface area contributed by atoms with Gasteiger partial charge in [-0.3, -0.25) is 4.79 Å². The van der Waals surface area contributed by atoms with E-state index in [0.717, 1.165) is 12.8 Å². The summed E-state index contributed by atoms with van der Waals surface area (Å²) in [5, 5.41) is 8.73. The number of hydrogen-bond acceptors (Lipinski definition) is 2. The zero-order chi connectivity index (χ0) is 8.85. The van der Waals surface area contributed by atoms with Crippen molar-refractivity contribution in [2.75, 3.05) is 6.54 Å². The molecule has 0 bridgehead atoms. The van der Waals surface area contributed by atoms with E-state index in [4.69, 9.17) is 10.8 Å². The number of nitrogens with two attached hydrogens (primary N) is 1. The van der Waals surface area contributed by atoms with E-state index in [2.05, 4.69) is 0 Å². The van der Waals surface area contributed by atoms with Gasteiger partial charge in [-0.25, -0.2) is 0 Å². The Kier molecular flexibility index (Phi) is 8.76. The van der Waals surface area contributed by atoms with Gasteiger partial charge in [0.1, 0.15) is 0 Å². The number of hydrogen-bond donors (Lipinski definition) is 2. The predicted molar refractivity (Wildman–Crippen MR) is 51.5 cm³/mol. The van der Waals surface area contributed by atoms with Crippen molar-refractivity contribution in [2.24, 2.45) is 17.6 Å². The molecular formula is C8H18ClNO2. The van der Waals surface area contributed by atoms with Crippen molar-refractivity contribution in [2.45, 2.75) is 26.7 Å². The second kappa shape index (κ2) is 7.37. The number of halogens is 1. The van der Waals surface area contributed by atoms with Gasteiger partial charge in [-0.05, 0) is 5.92 Å². The molecular weight excluding hydrogens is 178 g/mol. The minimum atomic E-state index is -0.763. The molecule has 0 saturated carbocycles. The van der Waals surface area contributed by atoms with E-state index in [-0.39, 0.29) is 30.8 Å². The summed E-state index contributed by atoms with van der Waals surface area (Å²) in [5.74, 6) is -0.885. The third kappa shape index (κ3) is 3.93. The predicted octanol–water partition coefficient (Wildman–Crippen LogP) is 1.50. The molecule has 4 heteroatoms. The fourth-order valence-electron chi connectivity index (χ4n) is 1.35. The standard InChI is InChI=1S/C8H17NO2.ClH/c1-3-6(4-2)7(5-9)8(10)11;/h6-7H,3-5,9H2,1-2H3,(H,10,11);1H. The Morgan fingerprint density at radius 3 is 1.92 bits per heavy atom. The minimum absolute atomic E-state index is 0. The second-order valence-corrected chi connectivity index (χ2v) is 2.76. The highest BCUT2D eigenvalue weighted by atomic mass is 35.5. The molecule has 3 N–H and O–H groups in total. The van der Waals surface area contributed by atoms with Crippen molar-refractivity contribution in [3.63, 3.8) is 0 Å². The van der Waals surface area contributed by atoms with Crippen molar-refractivity contribution in [3.05, 3.63) is 0 Å². The third-order valence-corrected chi connectivity index (χ3v) is 2.19.